The molecule has 0 spiro atoms. The molecule has 0 fully saturated rings. The van der Waals surface area contributed by atoms with E-state index in [4.69, 9.17) is 4.74 Å². The molecular formula is C18H22BrNO. The van der Waals surface area contributed by atoms with Crippen molar-refractivity contribution in [1.82, 2.24) is 5.32 Å². The lowest BCUT2D eigenvalue weighted by Gasteiger charge is -2.18. The summed E-state index contributed by atoms with van der Waals surface area (Å²) in [5.74, 6) is 0.910. The number of halogens is 1. The van der Waals surface area contributed by atoms with E-state index in [2.05, 4.69) is 64.6 Å². The molecule has 0 heterocycles. The lowest BCUT2D eigenvalue weighted by molar-refractivity contribution is 0.414. The van der Waals surface area contributed by atoms with Gasteiger partial charge in [0.15, 0.2) is 0 Å². The zero-order chi connectivity index (χ0) is 15.1. The highest BCUT2D eigenvalue weighted by Crippen LogP contribution is 2.20. The molecule has 112 valence electrons. The minimum Gasteiger partial charge on any atom is -0.497 e. The Kier molecular flexibility index (Phi) is 6.27. The average molecular weight is 348 g/mol. The van der Waals surface area contributed by atoms with Gasteiger partial charge in [-0.15, -0.1) is 0 Å². The summed E-state index contributed by atoms with van der Waals surface area (Å²) in [5.41, 5.74) is 2.66. The number of methoxy groups -OCH3 is 1. The summed E-state index contributed by atoms with van der Waals surface area (Å²) in [5, 5.41) is 3.64. The predicted octanol–water partition coefficient (Wildman–Crippen LogP) is 4.74. The fourth-order valence-corrected chi connectivity index (χ4v) is 2.82. The molecule has 0 aliphatic heterocycles. The van der Waals surface area contributed by atoms with E-state index in [1.807, 2.05) is 12.1 Å². The van der Waals surface area contributed by atoms with Gasteiger partial charge in [0.2, 0.25) is 0 Å². The molecule has 2 nitrogen and oxygen atoms in total. The van der Waals surface area contributed by atoms with Crippen LogP contribution in [0.15, 0.2) is 53.0 Å². The van der Waals surface area contributed by atoms with Crippen LogP contribution in [0.25, 0.3) is 0 Å². The molecule has 1 unspecified atom stereocenters. The molecular weight excluding hydrogens is 326 g/mol. The molecule has 3 heteroatoms. The largest absolute Gasteiger partial charge is 0.497 e. The number of benzene rings is 2. The Morgan fingerprint density at radius 3 is 2.52 bits per heavy atom. The van der Waals surface area contributed by atoms with Crippen LogP contribution in [0.1, 0.15) is 30.5 Å². The monoisotopic (exact) mass is 347 g/mol. The third-order valence-electron chi connectivity index (χ3n) is 3.62. The lowest BCUT2D eigenvalue weighted by Crippen LogP contribution is -2.23. The van der Waals surface area contributed by atoms with Gasteiger partial charge in [0.25, 0.3) is 0 Å². The number of rotatable bonds is 7. The first kappa shape index (κ1) is 16.1. The smallest absolute Gasteiger partial charge is 0.118 e. The third kappa shape index (κ3) is 4.87. The molecule has 2 rings (SSSR count). The van der Waals surface area contributed by atoms with Gasteiger partial charge in [0.05, 0.1) is 7.11 Å². The van der Waals surface area contributed by atoms with Crippen LogP contribution in [0, 0.1) is 0 Å². The molecule has 0 aliphatic rings. The summed E-state index contributed by atoms with van der Waals surface area (Å²) >= 11 is 3.54. The van der Waals surface area contributed by atoms with Gasteiger partial charge >= 0.3 is 0 Å². The normalized spacial score (nSPS) is 12.1. The maximum atomic E-state index is 5.18. The van der Waals surface area contributed by atoms with Crippen molar-refractivity contribution in [2.45, 2.75) is 25.8 Å². The molecule has 0 saturated carbocycles. The summed E-state index contributed by atoms with van der Waals surface area (Å²) in [6, 6.07) is 17.2. The van der Waals surface area contributed by atoms with Gasteiger partial charge in [-0.2, -0.15) is 0 Å². The molecule has 2 aromatic rings. The van der Waals surface area contributed by atoms with E-state index in [9.17, 15) is 0 Å². The van der Waals surface area contributed by atoms with Gasteiger partial charge in [0.1, 0.15) is 5.75 Å². The molecule has 0 bridgehead atoms. The maximum Gasteiger partial charge on any atom is 0.118 e. The molecule has 0 amide bonds. The second kappa shape index (κ2) is 8.20. The molecule has 0 saturated heterocycles. The Balaban J connectivity index is 1.88. The van der Waals surface area contributed by atoms with E-state index < -0.39 is 0 Å². The molecule has 1 N–H and O–H groups in total. The van der Waals surface area contributed by atoms with Crippen LogP contribution in [-0.2, 0) is 6.42 Å². The molecule has 1 atom stereocenters. The van der Waals surface area contributed by atoms with Crippen LogP contribution in [0.4, 0.5) is 0 Å². The van der Waals surface area contributed by atoms with Crippen molar-refractivity contribution in [3.63, 3.8) is 0 Å². The van der Waals surface area contributed by atoms with E-state index in [1.54, 1.807) is 7.11 Å². The maximum absolute atomic E-state index is 5.18. The van der Waals surface area contributed by atoms with Crippen molar-refractivity contribution < 1.29 is 4.74 Å². The highest BCUT2D eigenvalue weighted by atomic mass is 79.9. The molecule has 21 heavy (non-hydrogen) atoms. The van der Waals surface area contributed by atoms with Gasteiger partial charge in [-0.25, -0.2) is 0 Å². The number of hydrogen-bond acceptors (Lipinski definition) is 2. The van der Waals surface area contributed by atoms with Crippen LogP contribution < -0.4 is 10.1 Å². The van der Waals surface area contributed by atoms with Crippen molar-refractivity contribution in [1.29, 1.82) is 0 Å². The van der Waals surface area contributed by atoms with Crippen molar-refractivity contribution in [2.75, 3.05) is 13.7 Å². The van der Waals surface area contributed by atoms with Gasteiger partial charge in [-0.05, 0) is 54.8 Å². The van der Waals surface area contributed by atoms with Crippen LogP contribution >= 0.6 is 15.9 Å². The lowest BCUT2D eigenvalue weighted by atomic mass is 10.0. The number of nitrogens with one attached hydrogen (secondary N) is 1. The first-order chi connectivity index (χ1) is 10.2. The van der Waals surface area contributed by atoms with Crippen molar-refractivity contribution in [3.8, 4) is 5.75 Å². The van der Waals surface area contributed by atoms with Gasteiger partial charge in [-0.1, -0.05) is 47.1 Å². The second-order valence-electron chi connectivity index (χ2n) is 5.07. The van der Waals surface area contributed by atoms with Crippen molar-refractivity contribution >= 4 is 15.9 Å². The van der Waals surface area contributed by atoms with E-state index in [0.29, 0.717) is 6.04 Å². The highest BCUT2D eigenvalue weighted by Gasteiger charge is 2.08. The van der Waals surface area contributed by atoms with Gasteiger partial charge in [0, 0.05) is 10.5 Å². The Morgan fingerprint density at radius 1 is 1.14 bits per heavy atom. The highest BCUT2D eigenvalue weighted by molar-refractivity contribution is 9.10. The van der Waals surface area contributed by atoms with Crippen LogP contribution in [-0.4, -0.2) is 13.7 Å². The molecule has 0 aliphatic carbocycles. The second-order valence-corrected chi connectivity index (χ2v) is 5.98. The summed E-state index contributed by atoms with van der Waals surface area (Å²) in [7, 11) is 1.69. The Labute approximate surface area is 135 Å². The standard InChI is InChI=1S/C18H22BrNO/c1-3-18(15-5-4-6-16(19)13-15)20-12-11-14-7-9-17(21-2)10-8-14/h4-10,13,18,20H,3,11-12H2,1-2H3. The predicted molar refractivity (Wildman–Crippen MR) is 91.9 cm³/mol. The van der Waals surface area contributed by atoms with E-state index in [-0.39, 0.29) is 0 Å². The van der Waals surface area contributed by atoms with Crippen molar-refractivity contribution in [3.05, 3.63) is 64.1 Å². The summed E-state index contributed by atoms with van der Waals surface area (Å²) in [6.45, 7) is 3.18. The number of hydrogen-bond donors (Lipinski definition) is 1. The quantitative estimate of drug-likeness (QED) is 0.780. The van der Waals surface area contributed by atoms with Crippen LogP contribution in [0.3, 0.4) is 0 Å². The van der Waals surface area contributed by atoms with Gasteiger partial charge < -0.3 is 10.1 Å². The average Bonchev–Trinajstić information content (AvgIpc) is 2.52. The molecule has 0 radical (unpaired) electrons. The fourth-order valence-electron chi connectivity index (χ4n) is 2.40. The number of ether oxygens (including phenoxy) is 1. The SMILES string of the molecule is CCC(NCCc1ccc(OC)cc1)c1cccc(Br)c1. The van der Waals surface area contributed by atoms with Crippen LogP contribution in [0.5, 0.6) is 5.75 Å². The Hall–Kier alpha value is -1.32. The first-order valence-corrected chi connectivity index (χ1v) is 8.14. The fraction of sp³-hybridized carbons (Fsp3) is 0.333. The minimum absolute atomic E-state index is 0.403. The third-order valence-corrected chi connectivity index (χ3v) is 4.12. The van der Waals surface area contributed by atoms with E-state index >= 15 is 0 Å². The summed E-state index contributed by atoms with van der Waals surface area (Å²) in [4.78, 5) is 0. The zero-order valence-electron chi connectivity index (χ0n) is 12.6. The van der Waals surface area contributed by atoms with Gasteiger partial charge in [-0.3, -0.25) is 0 Å². The van der Waals surface area contributed by atoms with E-state index in [1.165, 1.54) is 11.1 Å². The molecule has 0 aromatic heterocycles. The van der Waals surface area contributed by atoms with Crippen LogP contribution in [0.2, 0.25) is 0 Å². The minimum atomic E-state index is 0.403. The summed E-state index contributed by atoms with van der Waals surface area (Å²) < 4.78 is 6.31. The van der Waals surface area contributed by atoms with E-state index in [0.717, 1.165) is 29.6 Å². The summed E-state index contributed by atoms with van der Waals surface area (Å²) in [6.07, 6.45) is 2.10. The van der Waals surface area contributed by atoms with Crippen molar-refractivity contribution in [2.24, 2.45) is 0 Å². The molecule has 2 aromatic carbocycles. The zero-order valence-corrected chi connectivity index (χ0v) is 14.2. The first-order valence-electron chi connectivity index (χ1n) is 7.34. The Bertz CT molecular complexity index is 553. The topological polar surface area (TPSA) is 21.3 Å². The Morgan fingerprint density at radius 2 is 1.90 bits per heavy atom.